The van der Waals surface area contributed by atoms with Crippen molar-refractivity contribution in [2.45, 2.75) is 19.5 Å². The van der Waals surface area contributed by atoms with Gasteiger partial charge < -0.3 is 4.57 Å². The van der Waals surface area contributed by atoms with Crippen molar-refractivity contribution in [3.63, 3.8) is 0 Å². The average Bonchev–Trinajstić information content (AvgIpc) is 2.97. The summed E-state index contributed by atoms with van der Waals surface area (Å²) in [6, 6.07) is 16.7. The molecule has 3 heterocycles. The minimum absolute atomic E-state index is 0.220. The van der Waals surface area contributed by atoms with E-state index in [1.54, 1.807) is 24.3 Å². The molecule has 6 heteroatoms. The van der Waals surface area contributed by atoms with E-state index in [2.05, 4.69) is 0 Å². The highest BCUT2D eigenvalue weighted by molar-refractivity contribution is 7.72. The van der Waals surface area contributed by atoms with Crippen LogP contribution in [-0.2, 0) is 14.2 Å². The number of hydrogen-bond donors (Lipinski definition) is 0. The number of nitrogens with zero attached hydrogens (tertiary/aromatic N) is 1. The van der Waals surface area contributed by atoms with Crippen LogP contribution in [0.3, 0.4) is 0 Å². The van der Waals surface area contributed by atoms with E-state index in [-0.39, 0.29) is 17.7 Å². The molecule has 0 radical (unpaired) electrons. The molecule has 0 spiro atoms. The molecule has 2 saturated heterocycles. The number of amides is 2. The first-order valence-electron chi connectivity index (χ1n) is 9.79. The minimum Gasteiger partial charge on any atom is -0.318 e. The molecule has 0 unspecified atom stereocenters. The molecule has 5 atom stereocenters. The molecule has 29 heavy (non-hydrogen) atoms. The number of halogens is 1. The van der Waals surface area contributed by atoms with Crippen molar-refractivity contribution in [1.82, 2.24) is 0 Å². The first-order chi connectivity index (χ1) is 13.8. The fourth-order valence-electron chi connectivity index (χ4n) is 5.39. The predicted octanol–water partition coefficient (Wildman–Crippen LogP) is 4.31. The molecule has 1 aliphatic carbocycles. The second-order valence-electron chi connectivity index (χ2n) is 8.29. The van der Waals surface area contributed by atoms with E-state index < -0.39 is 24.6 Å². The third-order valence-corrected chi connectivity index (χ3v) is 11.0. The van der Waals surface area contributed by atoms with Crippen LogP contribution in [0.15, 0.2) is 65.2 Å². The van der Waals surface area contributed by atoms with E-state index in [4.69, 9.17) is 11.6 Å². The maximum absolute atomic E-state index is 14.4. The summed E-state index contributed by atoms with van der Waals surface area (Å²) in [6.07, 6.45) is 0.347. The molecule has 2 aromatic rings. The highest BCUT2D eigenvalue weighted by Crippen LogP contribution is 2.69. The van der Waals surface area contributed by atoms with Crippen LogP contribution in [0, 0.1) is 24.7 Å². The first-order valence-corrected chi connectivity index (χ1v) is 12.1. The second-order valence-corrected chi connectivity index (χ2v) is 11.7. The summed E-state index contributed by atoms with van der Waals surface area (Å²) in [4.78, 5) is 28.1. The molecule has 4 nitrogen and oxygen atoms in total. The molecule has 2 amide bonds. The number of aryl methyl sites for hydroxylation is 1. The number of hydrogen-bond acceptors (Lipinski definition) is 3. The van der Waals surface area contributed by atoms with Crippen LogP contribution in [0.4, 0.5) is 5.69 Å². The van der Waals surface area contributed by atoms with Gasteiger partial charge in [0.2, 0.25) is 11.8 Å². The molecular formula is C23H21ClNO3P. The monoisotopic (exact) mass is 425 g/mol. The molecule has 2 fully saturated rings. The zero-order valence-corrected chi connectivity index (χ0v) is 17.9. The lowest BCUT2D eigenvalue weighted by atomic mass is 9.74. The van der Waals surface area contributed by atoms with Gasteiger partial charge in [-0.05, 0) is 31.6 Å². The van der Waals surface area contributed by atoms with Gasteiger partial charge in [-0.15, -0.1) is 0 Å². The fraction of sp³-hybridized carbons (Fsp3) is 0.304. The third kappa shape index (κ3) is 2.49. The van der Waals surface area contributed by atoms with Gasteiger partial charge in [0, 0.05) is 22.4 Å². The molecule has 2 aromatic carbocycles. The highest BCUT2D eigenvalue weighted by Gasteiger charge is 2.66. The summed E-state index contributed by atoms with van der Waals surface area (Å²) in [5.41, 5.74) is 1.95. The zero-order chi connectivity index (χ0) is 20.5. The molecule has 2 bridgehead atoms. The van der Waals surface area contributed by atoms with Crippen LogP contribution in [0.1, 0.15) is 12.5 Å². The van der Waals surface area contributed by atoms with E-state index in [9.17, 15) is 14.2 Å². The standard InChI is InChI=1S/C23H21ClNO3P/c1-13-8-10-16(11-9-13)29(28)12-17-18-19(21(29)14(2)20(17)24)23(27)25(22(18)26)15-6-4-3-5-7-15/h3-11,17-19,21H,12H2,1-2H3/t17-,18-,19-,21-,29+/m0/s1. The van der Waals surface area contributed by atoms with Crippen LogP contribution in [-0.4, -0.2) is 23.6 Å². The lowest BCUT2D eigenvalue weighted by molar-refractivity contribution is -0.122. The number of fused-ring (bicyclic) bond motifs is 1. The van der Waals surface area contributed by atoms with E-state index in [0.29, 0.717) is 16.9 Å². The van der Waals surface area contributed by atoms with Crippen molar-refractivity contribution in [2.75, 3.05) is 11.1 Å². The largest absolute Gasteiger partial charge is 0.318 e. The Labute approximate surface area is 174 Å². The number of benzene rings is 2. The van der Waals surface area contributed by atoms with Crippen molar-refractivity contribution in [1.29, 1.82) is 0 Å². The Balaban J connectivity index is 1.65. The summed E-state index contributed by atoms with van der Waals surface area (Å²) < 4.78 is 14.4. The van der Waals surface area contributed by atoms with Crippen molar-refractivity contribution < 1.29 is 14.2 Å². The summed E-state index contributed by atoms with van der Waals surface area (Å²) in [5.74, 6) is -1.99. The zero-order valence-electron chi connectivity index (χ0n) is 16.2. The van der Waals surface area contributed by atoms with Gasteiger partial charge in [-0.1, -0.05) is 59.6 Å². The smallest absolute Gasteiger partial charge is 0.238 e. The molecule has 148 valence electrons. The van der Waals surface area contributed by atoms with E-state index in [1.807, 2.05) is 44.2 Å². The lowest BCUT2D eigenvalue weighted by Gasteiger charge is -2.48. The maximum atomic E-state index is 14.4. The number of carbonyl (C=O) groups excluding carboxylic acids is 2. The predicted molar refractivity (Wildman–Crippen MR) is 115 cm³/mol. The molecule has 3 aliphatic heterocycles. The van der Waals surface area contributed by atoms with Gasteiger partial charge in [0.05, 0.1) is 23.2 Å². The maximum Gasteiger partial charge on any atom is 0.238 e. The number of para-hydroxylation sites is 1. The van der Waals surface area contributed by atoms with Crippen molar-refractivity contribution >= 4 is 41.5 Å². The first kappa shape index (κ1) is 18.8. The number of carbonyl (C=O) groups is 2. The van der Waals surface area contributed by atoms with Crippen LogP contribution < -0.4 is 10.2 Å². The summed E-state index contributed by atoms with van der Waals surface area (Å²) >= 11 is 6.65. The molecule has 0 aromatic heterocycles. The Bertz CT molecular complexity index is 1110. The van der Waals surface area contributed by atoms with Gasteiger partial charge in [-0.3, -0.25) is 14.5 Å². The Morgan fingerprint density at radius 1 is 0.931 bits per heavy atom. The van der Waals surface area contributed by atoms with Crippen LogP contribution in [0.5, 0.6) is 0 Å². The van der Waals surface area contributed by atoms with Gasteiger partial charge in [0.25, 0.3) is 0 Å². The normalized spacial score (nSPS) is 33.4. The van der Waals surface area contributed by atoms with Gasteiger partial charge in [0.1, 0.15) is 7.14 Å². The number of allylic oxidation sites excluding steroid dienone is 2. The Morgan fingerprint density at radius 2 is 1.55 bits per heavy atom. The van der Waals surface area contributed by atoms with Crippen LogP contribution >= 0.6 is 18.7 Å². The van der Waals surface area contributed by atoms with Gasteiger partial charge in [-0.25, -0.2) is 0 Å². The van der Waals surface area contributed by atoms with Crippen LogP contribution in [0.25, 0.3) is 0 Å². The summed E-state index contributed by atoms with van der Waals surface area (Å²) in [5, 5.41) is 1.39. The van der Waals surface area contributed by atoms with E-state index in [0.717, 1.165) is 16.4 Å². The quantitative estimate of drug-likeness (QED) is 0.532. The second kappa shape index (κ2) is 6.42. The molecular weight excluding hydrogens is 405 g/mol. The van der Waals surface area contributed by atoms with Crippen molar-refractivity contribution in [3.05, 3.63) is 70.8 Å². The average molecular weight is 426 g/mol. The fourth-order valence-corrected chi connectivity index (χ4v) is 9.91. The molecule has 4 aliphatic rings. The number of anilines is 1. The lowest BCUT2D eigenvalue weighted by Crippen LogP contribution is -2.49. The van der Waals surface area contributed by atoms with Crippen molar-refractivity contribution in [2.24, 2.45) is 17.8 Å². The number of rotatable bonds is 2. The molecule has 6 rings (SSSR count). The Kier molecular flexibility index (Phi) is 4.17. The Morgan fingerprint density at radius 3 is 2.21 bits per heavy atom. The van der Waals surface area contributed by atoms with Gasteiger partial charge in [-0.2, -0.15) is 0 Å². The van der Waals surface area contributed by atoms with Crippen LogP contribution in [0.2, 0.25) is 0 Å². The summed E-state index contributed by atoms with van der Waals surface area (Å²) in [7, 11) is -2.93. The van der Waals surface area contributed by atoms with Gasteiger partial charge >= 0.3 is 0 Å². The van der Waals surface area contributed by atoms with Gasteiger partial charge in [0.15, 0.2) is 0 Å². The Hall–Kier alpha value is -2.16. The molecule has 0 saturated carbocycles. The highest BCUT2D eigenvalue weighted by atomic mass is 35.5. The third-order valence-electron chi connectivity index (χ3n) is 6.72. The van der Waals surface area contributed by atoms with E-state index >= 15 is 0 Å². The van der Waals surface area contributed by atoms with Crippen molar-refractivity contribution in [3.8, 4) is 0 Å². The minimum atomic E-state index is -2.93. The topological polar surface area (TPSA) is 54.5 Å². The molecule has 0 N–H and O–H groups in total. The number of imide groups is 1. The summed E-state index contributed by atoms with van der Waals surface area (Å²) in [6.45, 7) is 3.86. The SMILES string of the molecule is CC1=C(Cl)[C@H]2C[P@@](=O)(c3ccc(C)cc3)[C@@H]1[C@H]1C(=O)N(c3ccccc3)C(=O)[C@H]12. The van der Waals surface area contributed by atoms with E-state index in [1.165, 1.54) is 4.90 Å².